The minimum atomic E-state index is -0.713. The molecule has 0 saturated carbocycles. The number of rotatable bonds is 3. The van der Waals surface area contributed by atoms with Crippen LogP contribution in [0.1, 0.15) is 41.5 Å². The molecule has 98 valence electrons. The number of carbonyl (C=O) groups is 1. The Labute approximate surface area is 104 Å². The molecule has 0 aromatic heterocycles. The molecule has 1 amide bonds. The molecule has 4 heteroatoms. The SMILES string of the molecule is CC#C[C@@H](C)[C@@H](O)[C@H](C)NC(=O)OC(C)(C)C. The van der Waals surface area contributed by atoms with Crippen molar-refractivity contribution in [3.8, 4) is 11.8 Å². The number of amides is 1. The quantitative estimate of drug-likeness (QED) is 0.742. The van der Waals surface area contributed by atoms with Crippen LogP contribution in [0.5, 0.6) is 0 Å². The molecule has 0 aliphatic heterocycles. The van der Waals surface area contributed by atoms with E-state index in [2.05, 4.69) is 17.2 Å². The van der Waals surface area contributed by atoms with Crippen molar-refractivity contribution in [1.29, 1.82) is 0 Å². The summed E-state index contributed by atoms with van der Waals surface area (Å²) in [5.41, 5.74) is -0.538. The lowest BCUT2D eigenvalue weighted by Crippen LogP contribution is -2.45. The van der Waals surface area contributed by atoms with E-state index in [0.717, 1.165) is 0 Å². The first-order valence-corrected chi connectivity index (χ1v) is 5.77. The van der Waals surface area contributed by atoms with Gasteiger partial charge in [-0.3, -0.25) is 0 Å². The summed E-state index contributed by atoms with van der Waals surface area (Å²) in [6.07, 6.45) is -1.24. The number of ether oxygens (including phenoxy) is 1. The molecule has 0 unspecified atom stereocenters. The van der Waals surface area contributed by atoms with Gasteiger partial charge in [-0.25, -0.2) is 4.79 Å². The maximum Gasteiger partial charge on any atom is 0.407 e. The van der Waals surface area contributed by atoms with Crippen LogP contribution in [-0.4, -0.2) is 28.9 Å². The van der Waals surface area contributed by atoms with Crippen molar-refractivity contribution in [2.45, 2.75) is 59.3 Å². The van der Waals surface area contributed by atoms with E-state index in [1.54, 1.807) is 34.6 Å². The first kappa shape index (κ1) is 15.8. The van der Waals surface area contributed by atoms with Crippen LogP contribution in [0.3, 0.4) is 0 Å². The summed E-state index contributed by atoms with van der Waals surface area (Å²) in [6, 6.07) is -0.402. The van der Waals surface area contributed by atoms with Crippen LogP contribution in [0.15, 0.2) is 0 Å². The van der Waals surface area contributed by atoms with Gasteiger partial charge in [-0.2, -0.15) is 0 Å². The van der Waals surface area contributed by atoms with E-state index in [1.807, 2.05) is 6.92 Å². The van der Waals surface area contributed by atoms with Crippen LogP contribution in [0.25, 0.3) is 0 Å². The first-order valence-electron chi connectivity index (χ1n) is 5.77. The summed E-state index contributed by atoms with van der Waals surface area (Å²) in [5, 5.41) is 12.5. The largest absolute Gasteiger partial charge is 0.444 e. The first-order chi connectivity index (χ1) is 7.67. The molecule has 0 aliphatic rings. The van der Waals surface area contributed by atoms with E-state index in [9.17, 15) is 9.90 Å². The summed E-state index contributed by atoms with van der Waals surface area (Å²) in [4.78, 5) is 11.5. The highest BCUT2D eigenvalue weighted by molar-refractivity contribution is 5.68. The van der Waals surface area contributed by atoms with E-state index >= 15 is 0 Å². The van der Waals surface area contributed by atoms with E-state index in [1.165, 1.54) is 0 Å². The lowest BCUT2D eigenvalue weighted by molar-refractivity contribution is 0.0404. The minimum Gasteiger partial charge on any atom is -0.444 e. The van der Waals surface area contributed by atoms with E-state index in [4.69, 9.17) is 4.74 Å². The van der Waals surface area contributed by atoms with Crippen LogP contribution in [0.4, 0.5) is 4.79 Å². The lowest BCUT2D eigenvalue weighted by atomic mass is 10.00. The Kier molecular flexibility index (Phi) is 6.04. The topological polar surface area (TPSA) is 58.6 Å². The number of nitrogens with one attached hydrogen (secondary N) is 1. The van der Waals surface area contributed by atoms with Crippen molar-refractivity contribution in [3.63, 3.8) is 0 Å². The van der Waals surface area contributed by atoms with Crippen molar-refractivity contribution in [2.75, 3.05) is 0 Å². The highest BCUT2D eigenvalue weighted by Gasteiger charge is 2.24. The Bertz CT molecular complexity index is 309. The summed E-state index contributed by atoms with van der Waals surface area (Å²) < 4.78 is 5.10. The third-order valence-electron chi connectivity index (χ3n) is 2.14. The number of hydrogen-bond donors (Lipinski definition) is 2. The predicted octanol–water partition coefficient (Wildman–Crippen LogP) is 1.92. The number of aliphatic hydroxyl groups is 1. The van der Waals surface area contributed by atoms with Gasteiger partial charge in [-0.1, -0.05) is 5.92 Å². The van der Waals surface area contributed by atoms with Gasteiger partial charge in [-0.05, 0) is 41.5 Å². The molecule has 0 heterocycles. The van der Waals surface area contributed by atoms with Gasteiger partial charge in [0.25, 0.3) is 0 Å². The molecule has 0 aromatic rings. The zero-order valence-corrected chi connectivity index (χ0v) is 11.5. The highest BCUT2D eigenvalue weighted by atomic mass is 16.6. The average molecular weight is 241 g/mol. The standard InChI is InChI=1S/C13H23NO3/c1-7-8-9(2)11(15)10(3)14-12(16)17-13(4,5)6/h9-11,15H,1-6H3,(H,14,16)/t9-,10+,11-/m1/s1. The van der Waals surface area contributed by atoms with E-state index in [0.29, 0.717) is 0 Å². The van der Waals surface area contributed by atoms with Crippen LogP contribution < -0.4 is 5.32 Å². The third kappa shape index (κ3) is 6.85. The van der Waals surface area contributed by atoms with Gasteiger partial charge < -0.3 is 15.2 Å². The van der Waals surface area contributed by atoms with Crippen LogP contribution in [0.2, 0.25) is 0 Å². The highest BCUT2D eigenvalue weighted by Crippen LogP contribution is 2.09. The Hall–Kier alpha value is -1.21. The molecule has 4 nitrogen and oxygen atoms in total. The van der Waals surface area contributed by atoms with E-state index < -0.39 is 23.8 Å². The smallest absolute Gasteiger partial charge is 0.407 e. The second-order valence-electron chi connectivity index (χ2n) is 5.11. The summed E-state index contributed by atoms with van der Waals surface area (Å²) in [5.74, 6) is 5.41. The van der Waals surface area contributed by atoms with Crippen molar-refractivity contribution < 1.29 is 14.6 Å². The number of carbonyl (C=O) groups excluding carboxylic acids is 1. The molecule has 17 heavy (non-hydrogen) atoms. The third-order valence-corrected chi connectivity index (χ3v) is 2.14. The van der Waals surface area contributed by atoms with E-state index in [-0.39, 0.29) is 5.92 Å². The minimum absolute atomic E-state index is 0.190. The second kappa shape index (κ2) is 6.51. The summed E-state index contributed by atoms with van der Waals surface area (Å²) >= 11 is 0. The number of aliphatic hydroxyl groups excluding tert-OH is 1. The molecular formula is C13H23NO3. The molecule has 0 bridgehead atoms. The fraction of sp³-hybridized carbons (Fsp3) is 0.769. The molecule has 0 saturated heterocycles. The van der Waals surface area contributed by atoms with Crippen LogP contribution in [-0.2, 0) is 4.74 Å². The van der Waals surface area contributed by atoms with Crippen molar-refractivity contribution in [3.05, 3.63) is 0 Å². The lowest BCUT2D eigenvalue weighted by Gasteiger charge is -2.25. The normalized spacial score (nSPS) is 16.2. The molecule has 0 radical (unpaired) electrons. The molecule has 2 N–H and O–H groups in total. The zero-order valence-electron chi connectivity index (χ0n) is 11.5. The Balaban J connectivity index is 4.28. The molecule has 0 fully saturated rings. The number of alkyl carbamates (subject to hydrolysis) is 1. The molecular weight excluding hydrogens is 218 g/mol. The van der Waals surface area contributed by atoms with Gasteiger partial charge >= 0.3 is 6.09 Å². The molecule has 3 atom stereocenters. The fourth-order valence-corrected chi connectivity index (χ4v) is 1.32. The second-order valence-corrected chi connectivity index (χ2v) is 5.11. The maximum absolute atomic E-state index is 11.5. The monoisotopic (exact) mass is 241 g/mol. The van der Waals surface area contributed by atoms with Crippen LogP contribution >= 0.6 is 0 Å². The van der Waals surface area contributed by atoms with Crippen LogP contribution in [0, 0.1) is 17.8 Å². The fourth-order valence-electron chi connectivity index (χ4n) is 1.32. The molecule has 0 aromatic carbocycles. The zero-order chi connectivity index (χ0) is 13.6. The Morgan fingerprint density at radius 1 is 1.35 bits per heavy atom. The van der Waals surface area contributed by atoms with Crippen molar-refractivity contribution >= 4 is 6.09 Å². The van der Waals surface area contributed by atoms with Gasteiger partial charge in [-0.15, -0.1) is 5.92 Å². The van der Waals surface area contributed by atoms with Gasteiger partial charge in [0.2, 0.25) is 0 Å². The molecule has 0 aliphatic carbocycles. The van der Waals surface area contributed by atoms with Gasteiger partial charge in [0.1, 0.15) is 5.60 Å². The number of hydrogen-bond acceptors (Lipinski definition) is 3. The van der Waals surface area contributed by atoms with Crippen molar-refractivity contribution in [1.82, 2.24) is 5.32 Å². The average Bonchev–Trinajstić information content (AvgIpc) is 2.13. The molecule has 0 spiro atoms. The van der Waals surface area contributed by atoms with Gasteiger partial charge in [0, 0.05) is 5.92 Å². The maximum atomic E-state index is 11.5. The molecule has 0 rings (SSSR count). The Morgan fingerprint density at radius 3 is 2.29 bits per heavy atom. The van der Waals surface area contributed by atoms with Crippen molar-refractivity contribution in [2.24, 2.45) is 5.92 Å². The van der Waals surface area contributed by atoms with Gasteiger partial charge in [0.05, 0.1) is 12.1 Å². The summed E-state index contributed by atoms with van der Waals surface area (Å²) in [6.45, 7) is 10.6. The summed E-state index contributed by atoms with van der Waals surface area (Å²) in [7, 11) is 0. The Morgan fingerprint density at radius 2 is 1.88 bits per heavy atom. The van der Waals surface area contributed by atoms with Gasteiger partial charge in [0.15, 0.2) is 0 Å². The predicted molar refractivity (Wildman–Crippen MR) is 67.5 cm³/mol.